The number of nitrogens with one attached hydrogen (secondary N) is 2. The topological polar surface area (TPSA) is 78.5 Å². The average molecular weight is 503 g/mol. The van der Waals surface area contributed by atoms with E-state index >= 15 is 0 Å². The van der Waals surface area contributed by atoms with Crippen molar-refractivity contribution in [2.75, 3.05) is 13.1 Å². The van der Waals surface area contributed by atoms with Crippen LogP contribution in [0.2, 0.25) is 0 Å². The number of rotatable bonds is 5. The van der Waals surface area contributed by atoms with Crippen LogP contribution < -0.4 is 10.6 Å². The first-order valence-electron chi connectivity index (χ1n) is 11.3. The molecule has 1 atom stereocenters. The molecule has 0 bridgehead atoms. The predicted molar refractivity (Wildman–Crippen MR) is 126 cm³/mol. The van der Waals surface area contributed by atoms with Crippen LogP contribution in [-0.2, 0) is 16.2 Å². The highest BCUT2D eigenvalue weighted by molar-refractivity contribution is 7.89. The average Bonchev–Trinajstić information content (AvgIpc) is 2.74. The van der Waals surface area contributed by atoms with Crippen LogP contribution in [-0.4, -0.2) is 37.9 Å². The van der Waals surface area contributed by atoms with Gasteiger partial charge in [-0.1, -0.05) is 53.4 Å². The van der Waals surface area contributed by atoms with E-state index in [4.69, 9.17) is 0 Å². The lowest BCUT2D eigenvalue weighted by atomic mass is 9.97. The SMILES string of the molecule is O=C(NCC1CCCCN1S(=O)(=O)c1ccc(C(F)(F)F)cc1)N[C]1CCCCCCC1.[CH2].[CH2]. The van der Waals surface area contributed by atoms with Crippen LogP contribution in [0.3, 0.4) is 0 Å². The molecule has 1 aromatic rings. The Hall–Kier alpha value is -1.81. The number of urea groups is 1. The maximum absolute atomic E-state index is 13.1. The Morgan fingerprint density at radius 1 is 0.941 bits per heavy atom. The highest BCUT2D eigenvalue weighted by atomic mass is 32.2. The van der Waals surface area contributed by atoms with Crippen molar-refractivity contribution in [1.29, 1.82) is 0 Å². The summed E-state index contributed by atoms with van der Waals surface area (Å²) in [6.45, 7) is 0.424. The molecule has 5 radical (unpaired) electrons. The summed E-state index contributed by atoms with van der Waals surface area (Å²) < 4.78 is 65.9. The second-order valence-electron chi connectivity index (χ2n) is 8.49. The van der Waals surface area contributed by atoms with E-state index in [1.54, 1.807) is 0 Å². The number of hydrogen-bond acceptors (Lipinski definition) is 3. The molecular formula is C24H35F3N3O3S. The van der Waals surface area contributed by atoms with Crippen LogP contribution in [0, 0.1) is 20.9 Å². The standard InChI is InChI=1S/C22H31F3N3O3S.2CH2/c23-22(24,25)17-11-13-20(14-12-17)32(30,31)28-15-7-6-10-19(28)16-26-21(29)27-18-8-4-2-1-3-5-9-18;;/h11-14,19H,1-10,15-16H2,(H2,26,27,29);2*1H2. The monoisotopic (exact) mass is 502 g/mol. The molecule has 2 amide bonds. The molecule has 0 spiro atoms. The summed E-state index contributed by atoms with van der Waals surface area (Å²) in [4.78, 5) is 12.2. The van der Waals surface area contributed by atoms with E-state index in [2.05, 4.69) is 10.6 Å². The summed E-state index contributed by atoms with van der Waals surface area (Å²) in [5.74, 6) is 0. The van der Waals surface area contributed by atoms with Crippen LogP contribution in [0.1, 0.15) is 69.8 Å². The smallest absolute Gasteiger partial charge is 0.337 e. The normalized spacial score (nSPS) is 20.7. The van der Waals surface area contributed by atoms with E-state index in [-0.39, 0.29) is 38.9 Å². The number of sulfonamides is 1. The number of halogens is 3. The maximum Gasteiger partial charge on any atom is 0.416 e. The van der Waals surface area contributed by atoms with Gasteiger partial charge in [-0.05, 0) is 49.9 Å². The van der Waals surface area contributed by atoms with Crippen LogP contribution in [0.5, 0.6) is 0 Å². The Bertz CT molecular complexity index is 852. The number of carbonyl (C=O) groups excluding carboxylic acids is 1. The zero-order chi connectivity index (χ0) is 23.2. The Morgan fingerprint density at radius 2 is 1.53 bits per heavy atom. The van der Waals surface area contributed by atoms with Crippen molar-refractivity contribution in [1.82, 2.24) is 14.9 Å². The lowest BCUT2D eigenvalue weighted by Crippen LogP contribution is -2.51. The fourth-order valence-corrected chi connectivity index (χ4v) is 6.01. The zero-order valence-corrected chi connectivity index (χ0v) is 20.3. The Morgan fingerprint density at radius 3 is 2.12 bits per heavy atom. The molecule has 6 nitrogen and oxygen atoms in total. The fraction of sp³-hybridized carbons (Fsp3) is 0.583. The Labute approximate surface area is 202 Å². The van der Waals surface area contributed by atoms with Crippen molar-refractivity contribution in [3.63, 3.8) is 0 Å². The van der Waals surface area contributed by atoms with Gasteiger partial charge < -0.3 is 10.6 Å². The van der Waals surface area contributed by atoms with E-state index in [1.807, 2.05) is 0 Å². The molecule has 3 rings (SSSR count). The van der Waals surface area contributed by atoms with Crippen LogP contribution in [0.15, 0.2) is 29.2 Å². The number of hydrogen-bond donors (Lipinski definition) is 2. The van der Waals surface area contributed by atoms with Crippen LogP contribution >= 0.6 is 0 Å². The van der Waals surface area contributed by atoms with Crippen LogP contribution in [0.4, 0.5) is 18.0 Å². The molecule has 0 aromatic heterocycles. The lowest BCUT2D eigenvalue weighted by Gasteiger charge is -2.35. The van der Waals surface area contributed by atoms with E-state index in [9.17, 15) is 26.4 Å². The molecule has 2 N–H and O–H groups in total. The first-order chi connectivity index (χ1) is 15.2. The molecule has 34 heavy (non-hydrogen) atoms. The number of benzene rings is 1. The number of carbonyl (C=O) groups is 1. The van der Waals surface area contributed by atoms with E-state index in [1.165, 1.54) is 10.7 Å². The molecule has 2 aliphatic rings. The van der Waals surface area contributed by atoms with Crippen molar-refractivity contribution >= 4 is 16.1 Å². The van der Waals surface area contributed by atoms with Gasteiger partial charge in [-0.15, -0.1) is 0 Å². The summed E-state index contributed by atoms with van der Waals surface area (Å²) >= 11 is 0. The van der Waals surface area contributed by atoms with Gasteiger partial charge in [-0.25, -0.2) is 13.2 Å². The third-order valence-electron chi connectivity index (χ3n) is 6.11. The minimum Gasteiger partial charge on any atom is -0.337 e. The molecular weight excluding hydrogens is 467 g/mol. The third kappa shape index (κ3) is 8.15. The Kier molecular flexibility index (Phi) is 11.8. The molecule has 1 unspecified atom stereocenters. The van der Waals surface area contributed by atoms with Gasteiger partial charge in [0.05, 0.1) is 16.5 Å². The van der Waals surface area contributed by atoms with Gasteiger partial charge in [0, 0.05) is 19.1 Å². The van der Waals surface area contributed by atoms with Crippen molar-refractivity contribution in [3.8, 4) is 0 Å². The fourth-order valence-electron chi connectivity index (χ4n) is 4.32. The molecule has 1 heterocycles. The number of nitrogens with zero attached hydrogens (tertiary/aromatic N) is 1. The van der Waals surface area contributed by atoms with E-state index in [0.29, 0.717) is 12.8 Å². The summed E-state index contributed by atoms with van der Waals surface area (Å²) in [5.41, 5.74) is -0.892. The van der Waals surface area contributed by atoms with Crippen molar-refractivity contribution in [2.24, 2.45) is 0 Å². The number of alkyl halides is 3. The number of amides is 2. The Balaban J connectivity index is 0.00000289. The summed E-state index contributed by atoms with van der Waals surface area (Å²) in [6, 6.07) is 3.79. The minimum atomic E-state index is -4.53. The summed E-state index contributed by atoms with van der Waals surface area (Å²) in [6.07, 6.45) is 4.93. The van der Waals surface area contributed by atoms with E-state index in [0.717, 1.165) is 75.3 Å². The summed E-state index contributed by atoms with van der Waals surface area (Å²) in [5, 5.41) is 5.72. The quantitative estimate of drug-likeness (QED) is 0.560. The van der Waals surface area contributed by atoms with Gasteiger partial charge in [0.1, 0.15) is 0 Å². The molecule has 1 aliphatic heterocycles. The van der Waals surface area contributed by atoms with Crippen LogP contribution in [0.25, 0.3) is 0 Å². The minimum absolute atomic E-state index is 0. The van der Waals surface area contributed by atoms with Crippen molar-refractivity contribution in [3.05, 3.63) is 50.7 Å². The number of piperidine rings is 1. The summed E-state index contributed by atoms with van der Waals surface area (Å²) in [7, 11) is -3.97. The second-order valence-corrected chi connectivity index (χ2v) is 10.4. The first kappa shape index (κ1) is 30.2. The molecule has 1 aromatic carbocycles. The highest BCUT2D eigenvalue weighted by Gasteiger charge is 2.35. The van der Waals surface area contributed by atoms with Gasteiger partial charge in [0.15, 0.2) is 0 Å². The third-order valence-corrected chi connectivity index (χ3v) is 8.07. The van der Waals surface area contributed by atoms with Gasteiger partial charge in [0.25, 0.3) is 0 Å². The lowest BCUT2D eigenvalue weighted by molar-refractivity contribution is -0.137. The van der Waals surface area contributed by atoms with Gasteiger partial charge in [0.2, 0.25) is 10.0 Å². The predicted octanol–water partition coefficient (Wildman–Crippen LogP) is 5.48. The largest absolute Gasteiger partial charge is 0.416 e. The van der Waals surface area contributed by atoms with Gasteiger partial charge in [-0.3, -0.25) is 0 Å². The van der Waals surface area contributed by atoms with Gasteiger partial charge >= 0.3 is 12.2 Å². The molecule has 1 saturated heterocycles. The van der Waals surface area contributed by atoms with Gasteiger partial charge in [-0.2, -0.15) is 17.5 Å². The highest BCUT2D eigenvalue weighted by Crippen LogP contribution is 2.31. The van der Waals surface area contributed by atoms with E-state index < -0.39 is 27.8 Å². The molecule has 1 aliphatic carbocycles. The molecule has 1 saturated carbocycles. The molecule has 2 fully saturated rings. The molecule has 191 valence electrons. The molecule has 10 heteroatoms. The zero-order valence-electron chi connectivity index (χ0n) is 19.5. The van der Waals surface area contributed by atoms with Crippen molar-refractivity contribution < 1.29 is 26.4 Å². The van der Waals surface area contributed by atoms with Crippen molar-refractivity contribution in [2.45, 2.75) is 81.3 Å². The second kappa shape index (κ2) is 13.3. The first-order valence-corrected chi connectivity index (χ1v) is 12.7. The maximum atomic E-state index is 13.1.